The second kappa shape index (κ2) is 7.55. The quantitative estimate of drug-likeness (QED) is 0.804. The van der Waals surface area contributed by atoms with Crippen LogP contribution in [0.2, 0.25) is 0 Å². The number of hydrogen-bond acceptors (Lipinski definition) is 5. The van der Waals surface area contributed by atoms with Crippen LogP contribution in [0.4, 0.5) is 5.82 Å². The average molecular weight is 292 g/mol. The summed E-state index contributed by atoms with van der Waals surface area (Å²) >= 11 is 1.69. The molecule has 0 unspecified atom stereocenters. The zero-order valence-corrected chi connectivity index (χ0v) is 13.5. The van der Waals surface area contributed by atoms with Gasteiger partial charge in [-0.2, -0.15) is 0 Å². The highest BCUT2D eigenvalue weighted by Gasteiger charge is 2.11. The minimum absolute atomic E-state index is 0.832. The fourth-order valence-electron chi connectivity index (χ4n) is 2.21. The molecule has 2 aromatic heterocycles. The predicted molar refractivity (Wildman–Crippen MR) is 87.4 cm³/mol. The minimum Gasteiger partial charge on any atom is -0.369 e. The molecule has 0 bridgehead atoms. The Morgan fingerprint density at radius 1 is 1.20 bits per heavy atom. The zero-order chi connectivity index (χ0) is 14.4. The number of nitrogens with zero attached hydrogens (tertiary/aromatic N) is 3. The molecule has 0 aliphatic heterocycles. The maximum absolute atomic E-state index is 4.72. The summed E-state index contributed by atoms with van der Waals surface area (Å²) in [6, 6.07) is 2.10. The normalized spacial score (nSPS) is 11.4. The van der Waals surface area contributed by atoms with Crippen LogP contribution >= 0.6 is 11.3 Å². The van der Waals surface area contributed by atoms with Gasteiger partial charge in [-0.15, -0.1) is 11.3 Å². The molecule has 0 saturated carbocycles. The molecule has 0 radical (unpaired) electrons. The standard InChI is InChI=1S/C15H24N4S/c1-4-8-16-14-12-7-10-20-15(12)18-13(17-14)11-19(6-3)9-5-2/h7,10H,4-6,8-9,11H2,1-3H3,(H,16,17,18). The van der Waals surface area contributed by atoms with Crippen LogP contribution < -0.4 is 5.32 Å². The van der Waals surface area contributed by atoms with Gasteiger partial charge in [0.15, 0.2) is 0 Å². The van der Waals surface area contributed by atoms with Crippen molar-refractivity contribution in [3.8, 4) is 0 Å². The van der Waals surface area contributed by atoms with E-state index in [9.17, 15) is 0 Å². The fraction of sp³-hybridized carbons (Fsp3) is 0.600. The Morgan fingerprint density at radius 3 is 2.75 bits per heavy atom. The van der Waals surface area contributed by atoms with E-state index in [0.717, 1.165) is 60.9 Å². The van der Waals surface area contributed by atoms with Gasteiger partial charge in [0.1, 0.15) is 16.5 Å². The van der Waals surface area contributed by atoms with Crippen molar-refractivity contribution in [2.45, 2.75) is 40.2 Å². The molecule has 5 heteroatoms. The molecule has 20 heavy (non-hydrogen) atoms. The number of nitrogens with one attached hydrogen (secondary N) is 1. The van der Waals surface area contributed by atoms with Crippen LogP contribution in [0, 0.1) is 0 Å². The molecule has 2 rings (SSSR count). The van der Waals surface area contributed by atoms with Crippen molar-refractivity contribution in [1.29, 1.82) is 0 Å². The van der Waals surface area contributed by atoms with Crippen LogP contribution in [0.1, 0.15) is 39.4 Å². The second-order valence-corrected chi connectivity index (χ2v) is 5.82. The molecule has 0 aliphatic rings. The molecule has 0 fully saturated rings. The van der Waals surface area contributed by atoms with Crippen LogP contribution in [0.25, 0.3) is 10.2 Å². The average Bonchev–Trinajstić information content (AvgIpc) is 2.92. The van der Waals surface area contributed by atoms with Crippen molar-refractivity contribution in [3.63, 3.8) is 0 Å². The van der Waals surface area contributed by atoms with E-state index in [0.29, 0.717) is 0 Å². The van der Waals surface area contributed by atoms with Gasteiger partial charge < -0.3 is 5.32 Å². The Kier molecular flexibility index (Phi) is 5.73. The van der Waals surface area contributed by atoms with Crippen LogP contribution in [0.3, 0.4) is 0 Å². The lowest BCUT2D eigenvalue weighted by molar-refractivity contribution is 0.274. The van der Waals surface area contributed by atoms with Crippen molar-refractivity contribution in [2.24, 2.45) is 0 Å². The lowest BCUT2D eigenvalue weighted by Crippen LogP contribution is -2.25. The summed E-state index contributed by atoms with van der Waals surface area (Å²) in [5.74, 6) is 1.91. The third-order valence-corrected chi connectivity index (χ3v) is 4.07. The second-order valence-electron chi connectivity index (χ2n) is 4.92. The molecule has 0 aromatic carbocycles. The van der Waals surface area contributed by atoms with E-state index < -0.39 is 0 Å². The SMILES string of the molecule is CCCNc1nc(CN(CC)CCC)nc2sccc12. The third-order valence-electron chi connectivity index (χ3n) is 3.27. The lowest BCUT2D eigenvalue weighted by Gasteiger charge is -2.18. The molecular weight excluding hydrogens is 268 g/mol. The fourth-order valence-corrected chi connectivity index (χ4v) is 3.00. The Labute approximate surface area is 125 Å². The van der Waals surface area contributed by atoms with E-state index in [1.807, 2.05) is 0 Å². The van der Waals surface area contributed by atoms with Gasteiger partial charge in [-0.05, 0) is 37.4 Å². The van der Waals surface area contributed by atoms with Crippen molar-refractivity contribution < 1.29 is 0 Å². The predicted octanol–water partition coefficient (Wildman–Crippen LogP) is 3.75. The summed E-state index contributed by atoms with van der Waals surface area (Å²) < 4.78 is 0. The number of fused-ring (bicyclic) bond motifs is 1. The van der Waals surface area contributed by atoms with Crippen molar-refractivity contribution in [1.82, 2.24) is 14.9 Å². The van der Waals surface area contributed by atoms with Gasteiger partial charge in [-0.3, -0.25) is 4.90 Å². The number of thiophene rings is 1. The Hall–Kier alpha value is -1.20. The molecule has 0 spiro atoms. The largest absolute Gasteiger partial charge is 0.369 e. The van der Waals surface area contributed by atoms with Gasteiger partial charge in [0, 0.05) is 6.54 Å². The van der Waals surface area contributed by atoms with E-state index in [1.54, 1.807) is 11.3 Å². The maximum atomic E-state index is 4.72. The summed E-state index contributed by atoms with van der Waals surface area (Å²) in [4.78, 5) is 12.9. The Bertz CT molecular complexity index is 538. The van der Waals surface area contributed by atoms with Crippen molar-refractivity contribution >= 4 is 27.4 Å². The van der Waals surface area contributed by atoms with Crippen molar-refractivity contribution in [3.05, 3.63) is 17.3 Å². The third kappa shape index (κ3) is 3.67. The molecule has 0 atom stereocenters. The van der Waals surface area contributed by atoms with E-state index in [1.165, 1.54) is 0 Å². The monoisotopic (exact) mass is 292 g/mol. The molecule has 4 nitrogen and oxygen atoms in total. The van der Waals surface area contributed by atoms with Crippen LogP contribution in [0.15, 0.2) is 11.4 Å². The number of rotatable bonds is 8. The van der Waals surface area contributed by atoms with Gasteiger partial charge in [0.2, 0.25) is 0 Å². The molecule has 0 aliphatic carbocycles. The molecule has 2 heterocycles. The highest BCUT2D eigenvalue weighted by atomic mass is 32.1. The van der Waals surface area contributed by atoms with E-state index in [4.69, 9.17) is 9.97 Å². The topological polar surface area (TPSA) is 41.1 Å². The van der Waals surface area contributed by atoms with E-state index >= 15 is 0 Å². The van der Waals surface area contributed by atoms with Gasteiger partial charge in [0.25, 0.3) is 0 Å². The molecule has 2 aromatic rings. The van der Waals surface area contributed by atoms with Crippen LogP contribution in [0.5, 0.6) is 0 Å². The number of anilines is 1. The minimum atomic E-state index is 0.832. The summed E-state index contributed by atoms with van der Waals surface area (Å²) in [5.41, 5.74) is 0. The summed E-state index contributed by atoms with van der Waals surface area (Å²) in [5, 5.41) is 6.66. The highest BCUT2D eigenvalue weighted by molar-refractivity contribution is 7.16. The summed E-state index contributed by atoms with van der Waals surface area (Å²) in [6.07, 6.45) is 2.26. The van der Waals surface area contributed by atoms with Gasteiger partial charge in [-0.25, -0.2) is 9.97 Å². The molecule has 110 valence electrons. The summed E-state index contributed by atoms with van der Waals surface area (Å²) in [7, 11) is 0. The van der Waals surface area contributed by atoms with E-state index in [2.05, 4.69) is 42.4 Å². The first-order valence-electron chi connectivity index (χ1n) is 7.48. The van der Waals surface area contributed by atoms with Crippen molar-refractivity contribution in [2.75, 3.05) is 25.0 Å². The highest BCUT2D eigenvalue weighted by Crippen LogP contribution is 2.25. The first-order valence-corrected chi connectivity index (χ1v) is 8.36. The van der Waals surface area contributed by atoms with Gasteiger partial charge in [-0.1, -0.05) is 20.8 Å². The smallest absolute Gasteiger partial charge is 0.146 e. The van der Waals surface area contributed by atoms with Crippen LogP contribution in [-0.2, 0) is 6.54 Å². The van der Waals surface area contributed by atoms with Gasteiger partial charge in [0.05, 0.1) is 11.9 Å². The number of aromatic nitrogens is 2. The first kappa shape index (κ1) is 15.2. The Balaban J connectivity index is 2.24. The molecule has 0 saturated heterocycles. The first-order chi connectivity index (χ1) is 9.78. The molecule has 1 N–H and O–H groups in total. The lowest BCUT2D eigenvalue weighted by atomic mass is 10.3. The number of hydrogen-bond donors (Lipinski definition) is 1. The zero-order valence-electron chi connectivity index (χ0n) is 12.6. The van der Waals surface area contributed by atoms with Crippen LogP contribution in [-0.4, -0.2) is 34.5 Å². The van der Waals surface area contributed by atoms with E-state index in [-0.39, 0.29) is 0 Å². The summed E-state index contributed by atoms with van der Waals surface area (Å²) in [6.45, 7) is 10.5. The Morgan fingerprint density at radius 2 is 2.05 bits per heavy atom. The van der Waals surface area contributed by atoms with Gasteiger partial charge >= 0.3 is 0 Å². The molecular formula is C15H24N4S. The maximum Gasteiger partial charge on any atom is 0.146 e. The molecule has 0 amide bonds.